The topological polar surface area (TPSA) is 46.4 Å². The first-order chi connectivity index (χ1) is 7.59. The van der Waals surface area contributed by atoms with E-state index < -0.39 is 6.04 Å². The molecule has 1 aromatic carbocycles. The first-order valence-corrected chi connectivity index (χ1v) is 5.16. The van der Waals surface area contributed by atoms with E-state index in [1.807, 2.05) is 11.9 Å². The molecule has 0 bridgehead atoms. The molecule has 2 unspecified atom stereocenters. The number of halogens is 1. The Hall–Kier alpha value is -1.49. The van der Waals surface area contributed by atoms with Gasteiger partial charge < -0.3 is 0 Å². The molecule has 0 radical (unpaired) electrons. The van der Waals surface area contributed by atoms with Gasteiger partial charge in [-0.25, -0.2) is 4.39 Å². The molecule has 2 rings (SSSR count). The summed E-state index contributed by atoms with van der Waals surface area (Å²) in [6, 6.07) is 5.59. The Kier molecular flexibility index (Phi) is 2.87. The molecule has 0 aliphatic carbocycles. The summed E-state index contributed by atoms with van der Waals surface area (Å²) in [6.45, 7) is 0.915. The van der Waals surface area contributed by atoms with Gasteiger partial charge >= 0.3 is 0 Å². The summed E-state index contributed by atoms with van der Waals surface area (Å²) in [5.41, 5.74) is 0.452. The zero-order valence-corrected chi connectivity index (χ0v) is 8.97. The second-order valence-electron chi connectivity index (χ2n) is 4.20. The minimum Gasteiger partial charge on any atom is -0.299 e. The van der Waals surface area contributed by atoms with E-state index in [4.69, 9.17) is 0 Å². The van der Waals surface area contributed by atoms with Crippen LogP contribution in [0, 0.1) is 15.9 Å². The van der Waals surface area contributed by atoms with Crippen molar-refractivity contribution in [3.63, 3.8) is 0 Å². The Balaban J connectivity index is 2.33. The van der Waals surface area contributed by atoms with E-state index in [-0.39, 0.29) is 16.7 Å². The summed E-state index contributed by atoms with van der Waals surface area (Å²) in [5, 5.41) is 10.9. The van der Waals surface area contributed by atoms with Crippen LogP contribution in [0.4, 0.5) is 4.39 Å². The molecule has 86 valence electrons. The number of nitrogens with zero attached hydrogens (tertiary/aromatic N) is 2. The zero-order valence-electron chi connectivity index (χ0n) is 8.97. The number of benzene rings is 1. The van der Waals surface area contributed by atoms with Crippen LogP contribution in [0.5, 0.6) is 0 Å². The maximum absolute atomic E-state index is 13.6. The van der Waals surface area contributed by atoms with E-state index >= 15 is 0 Å². The van der Waals surface area contributed by atoms with Crippen LogP contribution in [-0.2, 0) is 0 Å². The number of likely N-dealkylation sites (N-methyl/N-ethyl adjacent to an activating group) is 1. The van der Waals surface area contributed by atoms with E-state index in [1.165, 1.54) is 6.07 Å². The van der Waals surface area contributed by atoms with Gasteiger partial charge in [-0.2, -0.15) is 0 Å². The first kappa shape index (κ1) is 11.0. The molecule has 16 heavy (non-hydrogen) atoms. The van der Waals surface area contributed by atoms with Gasteiger partial charge in [0.25, 0.3) is 0 Å². The van der Waals surface area contributed by atoms with E-state index in [9.17, 15) is 14.5 Å². The lowest BCUT2D eigenvalue weighted by atomic mass is 9.94. The quantitative estimate of drug-likeness (QED) is 0.565. The molecular formula is C11H13FN2O2. The lowest BCUT2D eigenvalue weighted by Gasteiger charge is -2.12. The number of hydrogen-bond donors (Lipinski definition) is 0. The molecule has 1 saturated heterocycles. The van der Waals surface area contributed by atoms with Crippen LogP contribution in [0.3, 0.4) is 0 Å². The van der Waals surface area contributed by atoms with Gasteiger partial charge in [-0.15, -0.1) is 0 Å². The molecule has 0 saturated carbocycles. The van der Waals surface area contributed by atoms with Crippen molar-refractivity contribution in [1.29, 1.82) is 0 Å². The average molecular weight is 224 g/mol. The molecular weight excluding hydrogens is 211 g/mol. The number of likely N-dealkylation sites (tertiary alicyclic amines) is 1. The molecule has 1 aromatic rings. The van der Waals surface area contributed by atoms with Crippen molar-refractivity contribution in [3.05, 3.63) is 45.8 Å². The Bertz CT molecular complexity index is 411. The number of hydrogen-bond acceptors (Lipinski definition) is 3. The molecule has 1 heterocycles. The fourth-order valence-electron chi connectivity index (χ4n) is 2.27. The van der Waals surface area contributed by atoms with Gasteiger partial charge in [0.2, 0.25) is 6.04 Å². The van der Waals surface area contributed by atoms with E-state index in [2.05, 4.69) is 0 Å². The first-order valence-electron chi connectivity index (χ1n) is 5.16. The molecule has 0 spiro atoms. The van der Waals surface area contributed by atoms with Crippen molar-refractivity contribution in [2.45, 2.75) is 12.0 Å². The lowest BCUT2D eigenvalue weighted by molar-refractivity contribution is -0.521. The number of rotatable bonds is 2. The Labute approximate surface area is 92.8 Å². The van der Waals surface area contributed by atoms with Crippen molar-refractivity contribution < 1.29 is 9.31 Å². The average Bonchev–Trinajstić information content (AvgIpc) is 2.61. The van der Waals surface area contributed by atoms with Gasteiger partial charge in [0.05, 0.1) is 12.5 Å². The van der Waals surface area contributed by atoms with Gasteiger partial charge in [0.15, 0.2) is 0 Å². The van der Waals surface area contributed by atoms with Gasteiger partial charge in [0.1, 0.15) is 5.82 Å². The Morgan fingerprint density at radius 1 is 1.44 bits per heavy atom. The van der Waals surface area contributed by atoms with Crippen molar-refractivity contribution in [1.82, 2.24) is 4.90 Å². The van der Waals surface area contributed by atoms with Crippen LogP contribution in [0.25, 0.3) is 0 Å². The molecule has 0 aromatic heterocycles. The highest BCUT2D eigenvalue weighted by molar-refractivity contribution is 5.24. The third kappa shape index (κ3) is 1.90. The second kappa shape index (κ2) is 4.17. The molecule has 2 atom stereocenters. The molecule has 0 amide bonds. The molecule has 1 fully saturated rings. The maximum atomic E-state index is 13.6. The predicted octanol–water partition coefficient (Wildman–Crippen LogP) is 1.50. The van der Waals surface area contributed by atoms with E-state index in [1.54, 1.807) is 18.2 Å². The molecule has 5 heteroatoms. The van der Waals surface area contributed by atoms with E-state index in [0.29, 0.717) is 18.7 Å². The minimum atomic E-state index is -0.707. The SMILES string of the molecule is CN1CC(c2ccccc2F)C([N+](=O)[O-])C1. The Morgan fingerprint density at radius 3 is 2.75 bits per heavy atom. The summed E-state index contributed by atoms with van der Waals surface area (Å²) in [7, 11) is 1.82. The second-order valence-corrected chi connectivity index (χ2v) is 4.20. The van der Waals surface area contributed by atoms with Gasteiger partial charge in [-0.05, 0) is 18.7 Å². The van der Waals surface area contributed by atoms with Crippen molar-refractivity contribution in [3.8, 4) is 0 Å². The summed E-state index contributed by atoms with van der Waals surface area (Å²) >= 11 is 0. The summed E-state index contributed by atoms with van der Waals surface area (Å²) in [6.07, 6.45) is 0. The van der Waals surface area contributed by atoms with Crippen molar-refractivity contribution >= 4 is 0 Å². The van der Waals surface area contributed by atoms with Crippen LogP contribution in [0.2, 0.25) is 0 Å². The van der Waals surface area contributed by atoms with Gasteiger partial charge in [-0.3, -0.25) is 15.0 Å². The summed E-state index contributed by atoms with van der Waals surface area (Å²) in [5.74, 6) is -0.698. The number of nitro groups is 1. The summed E-state index contributed by atoms with van der Waals surface area (Å²) in [4.78, 5) is 12.5. The third-order valence-corrected chi connectivity index (χ3v) is 3.05. The molecule has 1 aliphatic heterocycles. The van der Waals surface area contributed by atoms with Crippen LogP contribution < -0.4 is 0 Å². The maximum Gasteiger partial charge on any atom is 0.233 e. The smallest absolute Gasteiger partial charge is 0.233 e. The van der Waals surface area contributed by atoms with Gasteiger partial charge in [-0.1, -0.05) is 18.2 Å². The van der Waals surface area contributed by atoms with Crippen LogP contribution >= 0.6 is 0 Å². The standard InChI is InChI=1S/C11H13FN2O2/c1-13-6-9(11(7-13)14(15)16)8-4-2-3-5-10(8)12/h2-5,9,11H,6-7H2,1H3. The lowest BCUT2D eigenvalue weighted by Crippen LogP contribution is -2.27. The molecule has 4 nitrogen and oxygen atoms in total. The highest BCUT2D eigenvalue weighted by Gasteiger charge is 2.41. The van der Waals surface area contributed by atoms with Crippen LogP contribution in [0.1, 0.15) is 11.5 Å². The van der Waals surface area contributed by atoms with Crippen LogP contribution in [-0.4, -0.2) is 36.0 Å². The fourth-order valence-corrected chi connectivity index (χ4v) is 2.27. The predicted molar refractivity (Wildman–Crippen MR) is 57.4 cm³/mol. The normalized spacial score (nSPS) is 25.9. The largest absolute Gasteiger partial charge is 0.299 e. The molecule has 1 aliphatic rings. The van der Waals surface area contributed by atoms with E-state index in [0.717, 1.165) is 0 Å². The third-order valence-electron chi connectivity index (χ3n) is 3.05. The molecule has 0 N–H and O–H groups in total. The fraction of sp³-hybridized carbons (Fsp3) is 0.455. The van der Waals surface area contributed by atoms with Crippen molar-refractivity contribution in [2.75, 3.05) is 20.1 Å². The zero-order chi connectivity index (χ0) is 11.7. The highest BCUT2D eigenvalue weighted by atomic mass is 19.1. The van der Waals surface area contributed by atoms with Gasteiger partial charge in [0, 0.05) is 11.5 Å². The monoisotopic (exact) mass is 224 g/mol. The minimum absolute atomic E-state index is 0.305. The summed E-state index contributed by atoms with van der Waals surface area (Å²) < 4.78 is 13.6. The van der Waals surface area contributed by atoms with Crippen LogP contribution in [0.15, 0.2) is 24.3 Å². The Morgan fingerprint density at radius 2 is 2.12 bits per heavy atom. The highest BCUT2D eigenvalue weighted by Crippen LogP contribution is 2.30. The van der Waals surface area contributed by atoms with Crippen molar-refractivity contribution in [2.24, 2.45) is 0 Å².